The lowest BCUT2D eigenvalue weighted by atomic mass is 10.1. The van der Waals surface area contributed by atoms with E-state index in [4.69, 9.17) is 5.73 Å². The fraction of sp³-hybridized carbons (Fsp3) is 0.571. The highest BCUT2D eigenvalue weighted by Gasteiger charge is 2.23. The van der Waals surface area contributed by atoms with Crippen LogP contribution in [0, 0.1) is 0 Å². The van der Waals surface area contributed by atoms with Crippen LogP contribution in [0.5, 0.6) is 0 Å². The third-order valence-corrected chi connectivity index (χ3v) is 4.25. The Morgan fingerprint density at radius 2 is 2.00 bits per heavy atom. The first kappa shape index (κ1) is 17.5. The first-order chi connectivity index (χ1) is 9.92. The molecule has 0 radical (unpaired) electrons. The summed E-state index contributed by atoms with van der Waals surface area (Å²) in [5, 5.41) is 6.46. The van der Waals surface area contributed by atoms with Gasteiger partial charge in [0, 0.05) is 20.0 Å². The van der Waals surface area contributed by atoms with Crippen LogP contribution in [0.2, 0.25) is 0 Å². The van der Waals surface area contributed by atoms with E-state index in [1.807, 2.05) is 14.1 Å². The van der Waals surface area contributed by atoms with Gasteiger partial charge in [0.25, 0.3) is 5.91 Å². The van der Waals surface area contributed by atoms with E-state index in [1.54, 1.807) is 14.0 Å². The van der Waals surface area contributed by atoms with Crippen molar-refractivity contribution < 1.29 is 9.59 Å². The first-order valence-corrected chi connectivity index (χ1v) is 7.80. The largest absolute Gasteiger partial charge is 0.397 e. The predicted octanol–water partition coefficient (Wildman–Crippen LogP) is 1.65. The van der Waals surface area contributed by atoms with Gasteiger partial charge in [-0.2, -0.15) is 0 Å². The highest BCUT2D eigenvalue weighted by atomic mass is 32.1. The third-order valence-electron chi connectivity index (χ3n) is 3.04. The van der Waals surface area contributed by atoms with E-state index >= 15 is 0 Å². The minimum Gasteiger partial charge on any atom is -0.397 e. The van der Waals surface area contributed by atoms with Crippen molar-refractivity contribution in [3.63, 3.8) is 0 Å². The van der Waals surface area contributed by atoms with Crippen molar-refractivity contribution in [2.24, 2.45) is 0 Å². The molecule has 0 aliphatic carbocycles. The number of nitrogen functional groups attached to an aromatic ring is 1. The summed E-state index contributed by atoms with van der Waals surface area (Å²) < 4.78 is 0. The Labute approximate surface area is 129 Å². The Bertz CT molecular complexity index is 511. The van der Waals surface area contributed by atoms with Crippen LogP contribution in [-0.2, 0) is 0 Å². The molecule has 7 heteroatoms. The number of thiophene rings is 1. The monoisotopic (exact) mass is 312 g/mol. The minimum absolute atomic E-state index is 0.0380. The zero-order valence-electron chi connectivity index (χ0n) is 13.1. The minimum atomic E-state index is -0.269. The van der Waals surface area contributed by atoms with E-state index < -0.39 is 0 Å². The molecule has 0 aliphatic heterocycles. The van der Waals surface area contributed by atoms with Crippen molar-refractivity contribution in [2.45, 2.75) is 19.8 Å². The molecule has 21 heavy (non-hydrogen) atoms. The lowest BCUT2D eigenvalue weighted by Crippen LogP contribution is -2.21. The number of hydrogen-bond acceptors (Lipinski definition) is 6. The number of nitrogens with zero attached hydrogens (tertiary/aromatic N) is 1. The molecule has 4 N–H and O–H groups in total. The van der Waals surface area contributed by atoms with E-state index in [9.17, 15) is 9.59 Å². The maximum absolute atomic E-state index is 12.0. The smallest absolute Gasteiger partial charge is 0.256 e. The Morgan fingerprint density at radius 1 is 1.33 bits per heavy atom. The topological polar surface area (TPSA) is 87.5 Å². The highest BCUT2D eigenvalue weighted by molar-refractivity contribution is 7.19. The normalized spacial score (nSPS) is 10.7. The van der Waals surface area contributed by atoms with Gasteiger partial charge in [0.1, 0.15) is 5.00 Å². The van der Waals surface area contributed by atoms with Crippen LogP contribution < -0.4 is 16.4 Å². The van der Waals surface area contributed by atoms with E-state index in [0.717, 1.165) is 19.5 Å². The Morgan fingerprint density at radius 3 is 2.52 bits per heavy atom. The molecule has 1 heterocycles. The third kappa shape index (κ3) is 4.44. The number of rotatable bonds is 8. The van der Waals surface area contributed by atoms with Gasteiger partial charge in [0.2, 0.25) is 0 Å². The van der Waals surface area contributed by atoms with Gasteiger partial charge in [0.15, 0.2) is 5.78 Å². The molecule has 0 aromatic carbocycles. The maximum atomic E-state index is 12.0. The van der Waals surface area contributed by atoms with Crippen molar-refractivity contribution >= 4 is 33.7 Å². The highest BCUT2D eigenvalue weighted by Crippen LogP contribution is 2.36. The van der Waals surface area contributed by atoms with E-state index in [0.29, 0.717) is 21.9 Å². The van der Waals surface area contributed by atoms with E-state index in [2.05, 4.69) is 15.5 Å². The number of nitrogens with one attached hydrogen (secondary N) is 2. The average Bonchev–Trinajstić information content (AvgIpc) is 2.78. The first-order valence-electron chi connectivity index (χ1n) is 6.98. The Kier molecular flexibility index (Phi) is 6.64. The molecule has 0 unspecified atom stereocenters. The summed E-state index contributed by atoms with van der Waals surface area (Å²) >= 11 is 1.26. The van der Waals surface area contributed by atoms with Gasteiger partial charge in [-0.3, -0.25) is 9.59 Å². The molecular weight excluding hydrogens is 288 g/mol. The second-order valence-corrected chi connectivity index (χ2v) is 6.01. The fourth-order valence-electron chi connectivity index (χ4n) is 1.88. The van der Waals surface area contributed by atoms with E-state index in [1.165, 1.54) is 11.3 Å². The number of carbonyl (C=O) groups is 2. The number of ketones is 1. The van der Waals surface area contributed by atoms with Crippen LogP contribution in [0.4, 0.5) is 10.7 Å². The standard InChI is InChI=1S/C14H24N4O2S/c1-5-9(19)12-11(15)10(13(20)16-2)14(21-12)17-7-6-8-18(3)4/h17H,5-8,15H2,1-4H3,(H,16,20). The predicted molar refractivity (Wildman–Crippen MR) is 88.4 cm³/mol. The summed E-state index contributed by atoms with van der Waals surface area (Å²) in [5.41, 5.74) is 6.65. The molecule has 0 atom stereocenters. The molecule has 0 spiro atoms. The van der Waals surface area contributed by atoms with Gasteiger partial charge in [-0.05, 0) is 27.1 Å². The Hall–Kier alpha value is -1.60. The quantitative estimate of drug-likeness (QED) is 0.502. The van der Waals surface area contributed by atoms with Gasteiger partial charge in [0.05, 0.1) is 16.1 Å². The van der Waals surface area contributed by atoms with Crippen molar-refractivity contribution in [2.75, 3.05) is 45.3 Å². The van der Waals surface area contributed by atoms with Gasteiger partial charge >= 0.3 is 0 Å². The summed E-state index contributed by atoms with van der Waals surface area (Å²) in [6.45, 7) is 3.46. The zero-order valence-corrected chi connectivity index (χ0v) is 13.9. The number of amides is 1. The summed E-state index contributed by atoms with van der Waals surface area (Å²) in [6.07, 6.45) is 1.31. The van der Waals surface area contributed by atoms with Crippen molar-refractivity contribution in [3.05, 3.63) is 10.4 Å². The van der Waals surface area contributed by atoms with Crippen LogP contribution in [-0.4, -0.2) is 50.8 Å². The second-order valence-electron chi connectivity index (χ2n) is 4.99. The van der Waals surface area contributed by atoms with Crippen LogP contribution in [0.1, 0.15) is 39.8 Å². The molecule has 1 aromatic heterocycles. The Balaban J connectivity index is 2.95. The number of nitrogens with two attached hydrogens (primary N) is 1. The number of hydrogen-bond donors (Lipinski definition) is 3. The van der Waals surface area contributed by atoms with Crippen LogP contribution >= 0.6 is 11.3 Å². The molecule has 1 amide bonds. The van der Waals surface area contributed by atoms with Crippen molar-refractivity contribution in [1.29, 1.82) is 0 Å². The molecule has 6 nitrogen and oxygen atoms in total. The molecule has 0 bridgehead atoms. The molecule has 0 saturated heterocycles. The summed E-state index contributed by atoms with van der Waals surface area (Å²) in [4.78, 5) is 26.4. The second kappa shape index (κ2) is 7.99. The number of carbonyl (C=O) groups excluding carboxylic acids is 2. The molecular formula is C14H24N4O2S. The van der Waals surface area contributed by atoms with Crippen LogP contribution in [0.25, 0.3) is 0 Å². The summed E-state index contributed by atoms with van der Waals surface area (Å²) in [5.74, 6) is -0.307. The van der Waals surface area contributed by atoms with Crippen molar-refractivity contribution in [3.8, 4) is 0 Å². The van der Waals surface area contributed by atoms with Gasteiger partial charge < -0.3 is 21.3 Å². The lowest BCUT2D eigenvalue weighted by molar-refractivity contribution is 0.0964. The summed E-state index contributed by atoms with van der Waals surface area (Å²) in [7, 11) is 5.57. The molecule has 0 aliphatic rings. The molecule has 1 rings (SSSR count). The zero-order chi connectivity index (χ0) is 16.0. The molecule has 0 saturated carbocycles. The van der Waals surface area contributed by atoms with Gasteiger partial charge in [-0.1, -0.05) is 6.92 Å². The van der Waals surface area contributed by atoms with Crippen LogP contribution in [0.3, 0.4) is 0 Å². The van der Waals surface area contributed by atoms with Crippen LogP contribution in [0.15, 0.2) is 0 Å². The average molecular weight is 312 g/mol. The van der Waals surface area contributed by atoms with Gasteiger partial charge in [-0.15, -0.1) is 11.3 Å². The summed E-state index contributed by atoms with van der Waals surface area (Å²) in [6, 6.07) is 0. The molecule has 0 fully saturated rings. The van der Waals surface area contributed by atoms with E-state index in [-0.39, 0.29) is 17.4 Å². The molecule has 118 valence electrons. The maximum Gasteiger partial charge on any atom is 0.256 e. The number of Topliss-reactive ketones (excluding diaryl/α,β-unsaturated/α-hetero) is 1. The van der Waals surface area contributed by atoms with Crippen molar-refractivity contribution in [1.82, 2.24) is 10.2 Å². The molecule has 1 aromatic rings. The SMILES string of the molecule is CCC(=O)c1sc(NCCCN(C)C)c(C(=O)NC)c1N. The lowest BCUT2D eigenvalue weighted by Gasteiger charge is -2.10. The van der Waals surface area contributed by atoms with Gasteiger partial charge in [-0.25, -0.2) is 0 Å². The fourth-order valence-corrected chi connectivity index (χ4v) is 3.04. The number of anilines is 2.